The maximum Gasteiger partial charge on any atom is 0.490 e. The molecule has 1 spiro atoms. The Labute approximate surface area is 166 Å². The Kier molecular flexibility index (Phi) is 8.48. The lowest BCUT2D eigenvalue weighted by Crippen LogP contribution is -2.54. The van der Waals surface area contributed by atoms with Gasteiger partial charge in [-0.15, -0.1) is 17.9 Å². The van der Waals surface area contributed by atoms with Crippen LogP contribution in [0.5, 0.6) is 0 Å². The molecule has 1 aliphatic carbocycles. The van der Waals surface area contributed by atoms with Crippen molar-refractivity contribution in [2.45, 2.75) is 37.6 Å². The molecule has 2 aliphatic rings. The van der Waals surface area contributed by atoms with Gasteiger partial charge in [-0.25, -0.2) is 4.79 Å². The highest BCUT2D eigenvalue weighted by Gasteiger charge is 2.46. The standard InChI is InChI=1S/C17H25NO2S.C2HF3O2/c1-2-9-19-13-15-5-3-7-17(15)14-18(8-10-20-17)12-16-6-4-11-21-16;3-2(4,5)1(6)7/h2,4,6,11,15H,1,3,5,7-10,12-14H2;(H,6,7)/t15-,17+;/m0./s1. The maximum absolute atomic E-state index is 10.6. The monoisotopic (exact) mass is 421 g/mol. The Bertz CT molecular complexity index is 623. The van der Waals surface area contributed by atoms with E-state index in [1.807, 2.05) is 17.4 Å². The van der Waals surface area contributed by atoms with Gasteiger partial charge in [0.2, 0.25) is 0 Å². The highest BCUT2D eigenvalue weighted by atomic mass is 32.1. The Morgan fingerprint density at radius 3 is 2.89 bits per heavy atom. The van der Waals surface area contributed by atoms with Crippen molar-refractivity contribution in [2.24, 2.45) is 5.92 Å². The molecule has 158 valence electrons. The van der Waals surface area contributed by atoms with Gasteiger partial charge >= 0.3 is 12.1 Å². The van der Waals surface area contributed by atoms with E-state index in [0.717, 1.165) is 32.8 Å². The Balaban J connectivity index is 0.000000345. The molecular formula is C19H26F3NO4S. The minimum absolute atomic E-state index is 0.0245. The number of aliphatic carboxylic acids is 1. The maximum atomic E-state index is 10.6. The van der Waals surface area contributed by atoms with Crippen LogP contribution in [0.15, 0.2) is 30.2 Å². The molecule has 1 aromatic rings. The van der Waals surface area contributed by atoms with Crippen molar-refractivity contribution in [3.05, 3.63) is 35.0 Å². The van der Waals surface area contributed by atoms with Crippen LogP contribution >= 0.6 is 11.3 Å². The molecule has 0 unspecified atom stereocenters. The zero-order valence-corrected chi connectivity index (χ0v) is 16.4. The number of nitrogens with zero attached hydrogens (tertiary/aromatic N) is 1. The number of morpholine rings is 1. The number of carboxylic acid groups (broad SMARTS) is 1. The second kappa shape index (κ2) is 10.4. The van der Waals surface area contributed by atoms with Crippen LogP contribution in [0.3, 0.4) is 0 Å². The second-order valence-electron chi connectivity index (χ2n) is 6.92. The summed E-state index contributed by atoms with van der Waals surface area (Å²) in [6.45, 7) is 9.17. The Hall–Kier alpha value is -1.42. The molecule has 1 aliphatic heterocycles. The van der Waals surface area contributed by atoms with E-state index in [-0.39, 0.29) is 5.60 Å². The molecule has 28 heavy (non-hydrogen) atoms. The molecule has 0 bridgehead atoms. The summed E-state index contributed by atoms with van der Waals surface area (Å²) in [6, 6.07) is 4.36. The van der Waals surface area contributed by atoms with Crippen LogP contribution in [0.1, 0.15) is 24.1 Å². The van der Waals surface area contributed by atoms with Crippen molar-refractivity contribution in [1.82, 2.24) is 4.90 Å². The van der Waals surface area contributed by atoms with E-state index in [0.29, 0.717) is 12.5 Å². The number of rotatable bonds is 6. The van der Waals surface area contributed by atoms with Crippen molar-refractivity contribution < 1.29 is 32.5 Å². The fourth-order valence-electron chi connectivity index (χ4n) is 3.68. The van der Waals surface area contributed by atoms with Crippen LogP contribution in [0.25, 0.3) is 0 Å². The first-order chi connectivity index (χ1) is 13.3. The summed E-state index contributed by atoms with van der Waals surface area (Å²) in [5.41, 5.74) is 0.0245. The lowest BCUT2D eigenvalue weighted by molar-refractivity contribution is -0.192. The van der Waals surface area contributed by atoms with Gasteiger partial charge in [0.15, 0.2) is 0 Å². The molecule has 1 N–H and O–H groups in total. The average Bonchev–Trinajstić information content (AvgIpc) is 3.26. The normalized spacial score (nSPS) is 25.3. The van der Waals surface area contributed by atoms with E-state index in [1.165, 1.54) is 24.1 Å². The summed E-state index contributed by atoms with van der Waals surface area (Å²) in [5, 5.41) is 9.28. The minimum atomic E-state index is -5.08. The van der Waals surface area contributed by atoms with E-state index in [4.69, 9.17) is 19.4 Å². The summed E-state index contributed by atoms with van der Waals surface area (Å²) < 4.78 is 43.7. The number of carbonyl (C=O) groups is 1. The van der Waals surface area contributed by atoms with Gasteiger partial charge in [0.1, 0.15) is 0 Å². The van der Waals surface area contributed by atoms with Crippen molar-refractivity contribution in [3.8, 4) is 0 Å². The van der Waals surface area contributed by atoms with Gasteiger partial charge in [0.25, 0.3) is 0 Å². The van der Waals surface area contributed by atoms with Crippen LogP contribution in [0.4, 0.5) is 13.2 Å². The molecule has 3 rings (SSSR count). The number of halogens is 3. The van der Waals surface area contributed by atoms with Crippen LogP contribution < -0.4 is 0 Å². The predicted molar refractivity (Wildman–Crippen MR) is 100 cm³/mol. The summed E-state index contributed by atoms with van der Waals surface area (Å²) in [7, 11) is 0. The smallest absolute Gasteiger partial charge is 0.475 e. The molecule has 2 fully saturated rings. The summed E-state index contributed by atoms with van der Waals surface area (Å²) >= 11 is 1.85. The topological polar surface area (TPSA) is 59.0 Å². The van der Waals surface area contributed by atoms with Crippen LogP contribution in [0, 0.1) is 5.92 Å². The molecule has 2 heterocycles. The van der Waals surface area contributed by atoms with Crippen molar-refractivity contribution in [2.75, 3.05) is 32.9 Å². The number of hydrogen-bond acceptors (Lipinski definition) is 5. The Morgan fingerprint density at radius 1 is 1.54 bits per heavy atom. The summed E-state index contributed by atoms with van der Waals surface area (Å²) in [5.74, 6) is -2.23. The van der Waals surface area contributed by atoms with Gasteiger partial charge in [-0.2, -0.15) is 13.2 Å². The molecule has 5 nitrogen and oxygen atoms in total. The molecule has 1 saturated carbocycles. The third-order valence-corrected chi connectivity index (χ3v) is 5.80. The minimum Gasteiger partial charge on any atom is -0.475 e. The molecular weight excluding hydrogens is 395 g/mol. The van der Waals surface area contributed by atoms with Crippen LogP contribution in [0.2, 0.25) is 0 Å². The highest BCUT2D eigenvalue weighted by molar-refractivity contribution is 7.09. The van der Waals surface area contributed by atoms with Crippen molar-refractivity contribution in [1.29, 1.82) is 0 Å². The third-order valence-electron chi connectivity index (χ3n) is 4.94. The zero-order chi connectivity index (χ0) is 20.6. The first kappa shape index (κ1) is 22.9. The molecule has 2 atom stereocenters. The molecule has 0 aromatic carbocycles. The fourth-order valence-corrected chi connectivity index (χ4v) is 4.43. The number of hydrogen-bond donors (Lipinski definition) is 1. The van der Waals surface area contributed by atoms with E-state index >= 15 is 0 Å². The first-order valence-electron chi connectivity index (χ1n) is 9.14. The molecule has 0 radical (unpaired) electrons. The molecule has 1 saturated heterocycles. The van der Waals surface area contributed by atoms with E-state index in [1.54, 1.807) is 0 Å². The van der Waals surface area contributed by atoms with Gasteiger partial charge in [-0.1, -0.05) is 18.6 Å². The largest absolute Gasteiger partial charge is 0.490 e. The first-order valence-corrected chi connectivity index (χ1v) is 10.0. The van der Waals surface area contributed by atoms with Gasteiger partial charge in [-0.3, -0.25) is 4.90 Å². The summed E-state index contributed by atoms with van der Waals surface area (Å²) in [4.78, 5) is 12.9. The third kappa shape index (κ3) is 6.58. The molecule has 0 amide bonds. The number of ether oxygens (including phenoxy) is 2. The number of carboxylic acids is 1. The number of thiophene rings is 1. The van der Waals surface area contributed by atoms with E-state index in [9.17, 15) is 13.2 Å². The van der Waals surface area contributed by atoms with Gasteiger partial charge in [-0.05, 0) is 24.3 Å². The van der Waals surface area contributed by atoms with Crippen LogP contribution in [-0.4, -0.2) is 60.7 Å². The molecule has 1 aromatic heterocycles. The molecule has 9 heteroatoms. The highest BCUT2D eigenvalue weighted by Crippen LogP contribution is 2.41. The van der Waals surface area contributed by atoms with E-state index < -0.39 is 12.1 Å². The zero-order valence-electron chi connectivity index (χ0n) is 15.6. The van der Waals surface area contributed by atoms with Gasteiger partial charge in [0, 0.05) is 30.4 Å². The van der Waals surface area contributed by atoms with Crippen molar-refractivity contribution >= 4 is 17.3 Å². The van der Waals surface area contributed by atoms with Gasteiger partial charge in [0.05, 0.1) is 25.4 Å². The second-order valence-corrected chi connectivity index (χ2v) is 7.95. The lowest BCUT2D eigenvalue weighted by atomic mass is 9.89. The Morgan fingerprint density at radius 2 is 2.29 bits per heavy atom. The van der Waals surface area contributed by atoms with E-state index in [2.05, 4.69) is 29.0 Å². The van der Waals surface area contributed by atoms with Gasteiger partial charge < -0.3 is 14.6 Å². The average molecular weight is 421 g/mol. The van der Waals surface area contributed by atoms with Crippen molar-refractivity contribution in [3.63, 3.8) is 0 Å². The predicted octanol–water partition coefficient (Wildman–Crippen LogP) is 3.96. The fraction of sp³-hybridized carbons (Fsp3) is 0.632. The number of alkyl halides is 3. The summed E-state index contributed by atoms with van der Waals surface area (Å²) in [6.07, 6.45) is 0.404. The quantitative estimate of drug-likeness (QED) is 0.557. The lowest BCUT2D eigenvalue weighted by Gasteiger charge is -2.44. The van der Waals surface area contributed by atoms with Crippen LogP contribution in [-0.2, 0) is 20.8 Å². The SMILES string of the molecule is C=CCOC[C@@H]1CCC[C@@]12CN(Cc1cccs1)CCO2.O=C(O)C(F)(F)F.